The van der Waals surface area contributed by atoms with Gasteiger partial charge in [0.1, 0.15) is 0 Å². The Morgan fingerprint density at radius 2 is 2.15 bits per heavy atom. The Bertz CT molecular complexity index is 482. The van der Waals surface area contributed by atoms with Gasteiger partial charge in [-0.15, -0.1) is 10.2 Å². The van der Waals surface area contributed by atoms with E-state index in [-0.39, 0.29) is 11.5 Å². The van der Waals surface area contributed by atoms with Crippen LogP contribution in [0.15, 0.2) is 16.9 Å². The third-order valence-corrected chi connectivity index (χ3v) is 1.84. The average Bonchev–Trinajstić information content (AvgIpc) is 2.46. The van der Waals surface area contributed by atoms with E-state index < -0.39 is 0 Å². The lowest BCUT2D eigenvalue weighted by atomic mass is 10.2. The fraction of sp³-hybridized carbons (Fsp3) is 0.375. The summed E-state index contributed by atoms with van der Waals surface area (Å²) >= 11 is 0. The standard InChI is InChI=1S/C8H10N4O/c1-5(2)8-10-9-6-3-4-7(13)11-12(6)8/h3-5H,1-2H3,(H,11,13). The maximum atomic E-state index is 11.0. The summed E-state index contributed by atoms with van der Waals surface area (Å²) in [5, 5.41) is 10.6. The van der Waals surface area contributed by atoms with E-state index in [9.17, 15) is 4.79 Å². The zero-order valence-electron chi connectivity index (χ0n) is 7.48. The van der Waals surface area contributed by atoms with Gasteiger partial charge in [-0.1, -0.05) is 13.8 Å². The molecule has 68 valence electrons. The molecule has 0 aliphatic heterocycles. The highest BCUT2D eigenvalue weighted by Gasteiger charge is 2.08. The number of aromatic nitrogens is 4. The molecular weight excluding hydrogens is 168 g/mol. The molecule has 0 bridgehead atoms. The lowest BCUT2D eigenvalue weighted by Gasteiger charge is -2.00. The first-order chi connectivity index (χ1) is 6.18. The molecule has 0 aliphatic rings. The Hall–Kier alpha value is -1.65. The first-order valence-corrected chi connectivity index (χ1v) is 4.13. The lowest BCUT2D eigenvalue weighted by Crippen LogP contribution is -2.11. The number of H-pyrrole nitrogens is 1. The van der Waals surface area contributed by atoms with Crippen LogP contribution in [0.1, 0.15) is 25.6 Å². The predicted molar refractivity (Wildman–Crippen MR) is 47.7 cm³/mol. The predicted octanol–water partition coefficient (Wildman–Crippen LogP) is 0.541. The molecule has 0 unspecified atom stereocenters. The largest absolute Gasteiger partial charge is 0.268 e. The van der Waals surface area contributed by atoms with Crippen LogP contribution in [-0.2, 0) is 0 Å². The number of hydrogen-bond donors (Lipinski definition) is 1. The molecule has 0 spiro atoms. The van der Waals surface area contributed by atoms with E-state index in [1.807, 2.05) is 13.8 Å². The van der Waals surface area contributed by atoms with E-state index in [0.29, 0.717) is 5.65 Å². The maximum absolute atomic E-state index is 11.0. The number of rotatable bonds is 1. The second kappa shape index (κ2) is 2.69. The van der Waals surface area contributed by atoms with Gasteiger partial charge in [0.2, 0.25) is 0 Å². The first-order valence-electron chi connectivity index (χ1n) is 4.13. The van der Waals surface area contributed by atoms with Crippen LogP contribution in [0, 0.1) is 0 Å². The van der Waals surface area contributed by atoms with Crippen LogP contribution in [0.2, 0.25) is 0 Å². The van der Waals surface area contributed by atoms with Crippen molar-refractivity contribution in [3.8, 4) is 0 Å². The SMILES string of the molecule is CC(C)c1nnc2ccc(=O)[nH]n12. The van der Waals surface area contributed by atoms with Crippen LogP contribution >= 0.6 is 0 Å². The lowest BCUT2D eigenvalue weighted by molar-refractivity contribution is 0.715. The van der Waals surface area contributed by atoms with E-state index in [2.05, 4.69) is 15.3 Å². The Morgan fingerprint density at radius 3 is 2.85 bits per heavy atom. The second-order valence-corrected chi connectivity index (χ2v) is 3.22. The molecule has 2 rings (SSSR count). The van der Waals surface area contributed by atoms with E-state index in [1.54, 1.807) is 10.6 Å². The van der Waals surface area contributed by atoms with Crippen molar-refractivity contribution >= 4 is 5.65 Å². The van der Waals surface area contributed by atoms with Gasteiger partial charge in [-0.25, -0.2) is 4.52 Å². The van der Waals surface area contributed by atoms with Gasteiger partial charge in [-0.05, 0) is 6.07 Å². The molecule has 0 saturated heterocycles. The van der Waals surface area contributed by atoms with Crippen molar-refractivity contribution in [3.63, 3.8) is 0 Å². The number of hydrogen-bond acceptors (Lipinski definition) is 3. The molecule has 2 heterocycles. The summed E-state index contributed by atoms with van der Waals surface area (Å²) in [4.78, 5) is 11.0. The number of nitrogens with zero attached hydrogens (tertiary/aromatic N) is 3. The molecule has 0 fully saturated rings. The van der Waals surface area contributed by atoms with Crippen LogP contribution in [0.4, 0.5) is 0 Å². The van der Waals surface area contributed by atoms with Crippen LogP contribution in [0.5, 0.6) is 0 Å². The molecule has 5 heteroatoms. The van der Waals surface area contributed by atoms with Gasteiger partial charge in [0.25, 0.3) is 5.56 Å². The van der Waals surface area contributed by atoms with E-state index in [4.69, 9.17) is 0 Å². The summed E-state index contributed by atoms with van der Waals surface area (Å²) in [5.41, 5.74) is 0.525. The van der Waals surface area contributed by atoms with Gasteiger partial charge in [0.05, 0.1) is 0 Å². The smallest absolute Gasteiger partial charge is 0.263 e. The first kappa shape index (κ1) is 7.97. The Kier molecular flexibility index (Phi) is 1.65. The summed E-state index contributed by atoms with van der Waals surface area (Å²) in [6.45, 7) is 4.00. The summed E-state index contributed by atoms with van der Waals surface area (Å²) < 4.78 is 1.62. The van der Waals surface area contributed by atoms with Gasteiger partial charge in [0, 0.05) is 12.0 Å². The number of fused-ring (bicyclic) bond motifs is 1. The molecule has 0 atom stereocenters. The minimum absolute atomic E-state index is 0.144. The topological polar surface area (TPSA) is 63.0 Å². The van der Waals surface area contributed by atoms with E-state index >= 15 is 0 Å². The minimum Gasteiger partial charge on any atom is -0.268 e. The van der Waals surface area contributed by atoms with Crippen LogP contribution in [-0.4, -0.2) is 19.8 Å². The third-order valence-electron chi connectivity index (χ3n) is 1.84. The number of nitrogens with one attached hydrogen (secondary N) is 1. The molecule has 13 heavy (non-hydrogen) atoms. The van der Waals surface area contributed by atoms with Crippen molar-refractivity contribution in [1.82, 2.24) is 19.8 Å². The highest BCUT2D eigenvalue weighted by molar-refractivity contribution is 5.35. The monoisotopic (exact) mass is 178 g/mol. The van der Waals surface area contributed by atoms with E-state index in [1.165, 1.54) is 6.07 Å². The average molecular weight is 178 g/mol. The van der Waals surface area contributed by atoms with Crippen LogP contribution in [0.25, 0.3) is 5.65 Å². The summed E-state index contributed by atoms with van der Waals surface area (Å²) in [6, 6.07) is 3.09. The molecule has 0 aliphatic carbocycles. The highest BCUT2D eigenvalue weighted by atomic mass is 16.1. The summed E-state index contributed by atoms with van der Waals surface area (Å²) in [7, 11) is 0. The Morgan fingerprint density at radius 1 is 1.38 bits per heavy atom. The van der Waals surface area contributed by atoms with E-state index in [0.717, 1.165) is 5.82 Å². The van der Waals surface area contributed by atoms with Crippen molar-refractivity contribution < 1.29 is 0 Å². The zero-order chi connectivity index (χ0) is 9.42. The molecule has 0 radical (unpaired) electrons. The van der Waals surface area contributed by atoms with Gasteiger partial charge >= 0.3 is 0 Å². The fourth-order valence-corrected chi connectivity index (χ4v) is 1.20. The van der Waals surface area contributed by atoms with Crippen LogP contribution in [0.3, 0.4) is 0 Å². The van der Waals surface area contributed by atoms with Gasteiger partial charge in [-0.2, -0.15) is 0 Å². The Labute approximate surface area is 74.4 Å². The van der Waals surface area contributed by atoms with Gasteiger partial charge < -0.3 is 0 Å². The molecule has 0 aromatic carbocycles. The molecule has 0 saturated carbocycles. The minimum atomic E-state index is -0.144. The molecule has 2 aromatic heterocycles. The zero-order valence-corrected chi connectivity index (χ0v) is 7.48. The summed E-state index contributed by atoms with van der Waals surface area (Å²) in [5.74, 6) is 1.01. The quantitative estimate of drug-likeness (QED) is 0.693. The maximum Gasteiger partial charge on any atom is 0.263 e. The second-order valence-electron chi connectivity index (χ2n) is 3.22. The van der Waals surface area contributed by atoms with Crippen molar-refractivity contribution in [2.24, 2.45) is 0 Å². The normalized spacial score (nSPS) is 11.3. The molecule has 5 nitrogen and oxygen atoms in total. The highest BCUT2D eigenvalue weighted by Crippen LogP contribution is 2.10. The van der Waals surface area contributed by atoms with Crippen molar-refractivity contribution in [1.29, 1.82) is 0 Å². The van der Waals surface area contributed by atoms with Gasteiger partial charge in [0.15, 0.2) is 11.5 Å². The molecule has 2 aromatic rings. The van der Waals surface area contributed by atoms with Crippen molar-refractivity contribution in [2.75, 3.05) is 0 Å². The van der Waals surface area contributed by atoms with Crippen molar-refractivity contribution in [3.05, 3.63) is 28.3 Å². The molecular formula is C8H10N4O. The number of aromatic amines is 1. The third kappa shape index (κ3) is 1.22. The molecule has 1 N–H and O–H groups in total. The Balaban J connectivity index is 2.79. The fourth-order valence-electron chi connectivity index (χ4n) is 1.20. The van der Waals surface area contributed by atoms with Crippen molar-refractivity contribution in [2.45, 2.75) is 19.8 Å². The van der Waals surface area contributed by atoms with Crippen LogP contribution < -0.4 is 5.56 Å². The van der Waals surface area contributed by atoms with Gasteiger partial charge in [-0.3, -0.25) is 9.89 Å². The molecule has 0 amide bonds. The summed E-state index contributed by atoms with van der Waals surface area (Å²) in [6.07, 6.45) is 0.